The molecule has 1 unspecified atom stereocenters. The lowest BCUT2D eigenvalue weighted by molar-refractivity contribution is -0.161. The van der Waals surface area contributed by atoms with E-state index in [0.717, 1.165) is 36.8 Å². The average molecular weight is 508 g/mol. The van der Waals surface area contributed by atoms with Crippen LogP contribution in [0.4, 0.5) is 13.2 Å². The fourth-order valence-corrected chi connectivity index (χ4v) is 4.87. The Labute approximate surface area is 212 Å². The number of benzene rings is 2. The van der Waals surface area contributed by atoms with E-state index in [1.807, 2.05) is 18.2 Å². The quantitative estimate of drug-likeness (QED) is 0.389. The first-order valence-electron chi connectivity index (χ1n) is 12.8. The molecule has 3 rings (SSSR count). The first-order valence-corrected chi connectivity index (χ1v) is 12.8. The summed E-state index contributed by atoms with van der Waals surface area (Å²) in [6.07, 6.45) is -0.159. The predicted molar refractivity (Wildman–Crippen MR) is 137 cm³/mol. The number of rotatable bonds is 7. The summed E-state index contributed by atoms with van der Waals surface area (Å²) in [7, 11) is 0. The van der Waals surface area contributed by atoms with Gasteiger partial charge in [0.15, 0.2) is 0 Å². The molecule has 0 aliphatic heterocycles. The van der Waals surface area contributed by atoms with Gasteiger partial charge in [0, 0.05) is 6.54 Å². The van der Waals surface area contributed by atoms with Gasteiger partial charge in [0.1, 0.15) is 17.4 Å². The van der Waals surface area contributed by atoms with Crippen LogP contribution < -0.4 is 10.1 Å². The van der Waals surface area contributed by atoms with E-state index >= 15 is 0 Å². The van der Waals surface area contributed by atoms with E-state index in [1.165, 1.54) is 6.07 Å². The maximum atomic E-state index is 13.8. The molecule has 200 valence electrons. The van der Waals surface area contributed by atoms with Crippen molar-refractivity contribution in [2.24, 2.45) is 11.3 Å². The molecular weight excluding hydrogens is 467 g/mol. The molecule has 1 fully saturated rings. The SMILES string of the molecule is CC(C)(C)OC(=O)CCNC(c1ccc2cc(O[C@H]3CC[C@H](C(C)(C)C)CC3)ccc2c1)C(F)(F)F. The molecule has 4 nitrogen and oxygen atoms in total. The summed E-state index contributed by atoms with van der Waals surface area (Å²) in [5.41, 5.74) is -0.258. The van der Waals surface area contributed by atoms with E-state index in [4.69, 9.17) is 9.47 Å². The minimum absolute atomic E-state index is 0.105. The molecule has 0 amide bonds. The predicted octanol–water partition coefficient (Wildman–Crippen LogP) is 7.75. The summed E-state index contributed by atoms with van der Waals surface area (Å²) in [6.45, 7) is 11.9. The molecule has 0 heterocycles. The fraction of sp³-hybridized carbons (Fsp3) is 0.621. The maximum Gasteiger partial charge on any atom is 0.407 e. The standard InChI is InChI=1S/C29H40F3NO3/c1-27(2,3)22-10-13-23(14-11-22)35-24-12-9-19-17-21(8-7-20(19)18-24)26(29(30,31)32)33-16-15-25(34)36-28(4,5)6/h7-9,12,17-18,22-23,26,33H,10-11,13-16H2,1-6H3/t22-,23-,26?. The largest absolute Gasteiger partial charge is 0.490 e. The molecule has 7 heteroatoms. The van der Waals surface area contributed by atoms with Crippen molar-refractivity contribution in [1.29, 1.82) is 0 Å². The molecule has 1 atom stereocenters. The number of carbonyl (C=O) groups excluding carboxylic acids is 1. The van der Waals surface area contributed by atoms with Crippen molar-refractivity contribution < 1.29 is 27.4 Å². The lowest BCUT2D eigenvalue weighted by Crippen LogP contribution is -2.36. The van der Waals surface area contributed by atoms with Crippen molar-refractivity contribution in [2.75, 3.05) is 6.54 Å². The van der Waals surface area contributed by atoms with Gasteiger partial charge in [-0.2, -0.15) is 13.2 Å². The van der Waals surface area contributed by atoms with Crippen LogP contribution in [0.25, 0.3) is 10.8 Å². The molecule has 0 bridgehead atoms. The molecule has 0 spiro atoms. The monoisotopic (exact) mass is 507 g/mol. The zero-order valence-corrected chi connectivity index (χ0v) is 22.3. The van der Waals surface area contributed by atoms with E-state index < -0.39 is 23.8 Å². The third kappa shape index (κ3) is 8.12. The normalized spacial score (nSPS) is 20.2. The van der Waals surface area contributed by atoms with Crippen LogP contribution >= 0.6 is 0 Å². The Hall–Kier alpha value is -2.28. The number of hydrogen-bond donors (Lipinski definition) is 1. The van der Waals surface area contributed by atoms with Crippen LogP contribution in [-0.2, 0) is 9.53 Å². The molecule has 0 saturated heterocycles. The average Bonchev–Trinajstić information content (AvgIpc) is 2.74. The summed E-state index contributed by atoms with van der Waals surface area (Å²) in [6, 6.07) is 8.39. The second-order valence-electron chi connectivity index (χ2n) is 12.0. The van der Waals surface area contributed by atoms with Gasteiger partial charge in [-0.05, 0) is 92.3 Å². The second-order valence-corrected chi connectivity index (χ2v) is 12.0. The topological polar surface area (TPSA) is 47.6 Å². The van der Waals surface area contributed by atoms with Crippen molar-refractivity contribution in [3.8, 4) is 5.75 Å². The van der Waals surface area contributed by atoms with Crippen LogP contribution in [0.1, 0.15) is 85.3 Å². The molecular formula is C29H40F3NO3. The Balaban J connectivity index is 1.65. The van der Waals surface area contributed by atoms with Crippen LogP contribution in [0.2, 0.25) is 0 Å². The highest BCUT2D eigenvalue weighted by molar-refractivity contribution is 5.84. The van der Waals surface area contributed by atoms with Crippen LogP contribution in [0.15, 0.2) is 36.4 Å². The van der Waals surface area contributed by atoms with Gasteiger partial charge in [-0.15, -0.1) is 0 Å². The van der Waals surface area contributed by atoms with Crippen molar-refractivity contribution in [1.82, 2.24) is 5.32 Å². The van der Waals surface area contributed by atoms with Crippen molar-refractivity contribution in [3.05, 3.63) is 42.0 Å². The van der Waals surface area contributed by atoms with Gasteiger partial charge in [0.05, 0.1) is 12.5 Å². The van der Waals surface area contributed by atoms with Gasteiger partial charge in [0.25, 0.3) is 0 Å². The lowest BCUT2D eigenvalue weighted by Gasteiger charge is -2.37. The molecule has 2 aromatic carbocycles. The van der Waals surface area contributed by atoms with E-state index in [9.17, 15) is 18.0 Å². The van der Waals surface area contributed by atoms with Gasteiger partial charge in [-0.25, -0.2) is 0 Å². The van der Waals surface area contributed by atoms with Crippen LogP contribution in [0.5, 0.6) is 5.75 Å². The molecule has 1 N–H and O–H groups in total. The second kappa shape index (κ2) is 11.0. The van der Waals surface area contributed by atoms with Crippen molar-refractivity contribution >= 4 is 16.7 Å². The summed E-state index contributed by atoms with van der Waals surface area (Å²) >= 11 is 0. The Morgan fingerprint density at radius 1 is 0.944 bits per heavy atom. The molecule has 36 heavy (non-hydrogen) atoms. The summed E-state index contributed by atoms with van der Waals surface area (Å²) in [5.74, 6) is 0.915. The zero-order valence-electron chi connectivity index (χ0n) is 22.3. The molecule has 0 aromatic heterocycles. The number of halogens is 3. The minimum atomic E-state index is -4.50. The van der Waals surface area contributed by atoms with Crippen LogP contribution in [0, 0.1) is 11.3 Å². The summed E-state index contributed by atoms with van der Waals surface area (Å²) < 4.78 is 52.9. The number of esters is 1. The van der Waals surface area contributed by atoms with E-state index in [0.29, 0.717) is 16.7 Å². The first-order chi connectivity index (χ1) is 16.6. The molecule has 0 radical (unpaired) electrons. The molecule has 2 aromatic rings. The highest BCUT2D eigenvalue weighted by Gasteiger charge is 2.40. The Kier molecular flexibility index (Phi) is 8.64. The Morgan fingerprint density at radius 2 is 1.56 bits per heavy atom. The molecule has 1 aliphatic rings. The van der Waals surface area contributed by atoms with Crippen molar-refractivity contribution in [2.45, 2.75) is 97.6 Å². The highest BCUT2D eigenvalue weighted by Crippen LogP contribution is 2.39. The van der Waals surface area contributed by atoms with Gasteiger partial charge < -0.3 is 14.8 Å². The number of carbonyl (C=O) groups is 1. The van der Waals surface area contributed by atoms with Crippen LogP contribution in [-0.4, -0.2) is 30.4 Å². The van der Waals surface area contributed by atoms with Gasteiger partial charge in [-0.3, -0.25) is 4.79 Å². The number of ether oxygens (including phenoxy) is 2. The molecule has 1 saturated carbocycles. The third-order valence-corrected chi connectivity index (χ3v) is 6.80. The number of hydrogen-bond acceptors (Lipinski definition) is 4. The van der Waals surface area contributed by atoms with Gasteiger partial charge in [0.2, 0.25) is 0 Å². The fourth-order valence-electron chi connectivity index (χ4n) is 4.87. The highest BCUT2D eigenvalue weighted by atomic mass is 19.4. The number of alkyl halides is 3. The Morgan fingerprint density at radius 3 is 2.14 bits per heavy atom. The smallest absolute Gasteiger partial charge is 0.407 e. The van der Waals surface area contributed by atoms with Crippen LogP contribution in [0.3, 0.4) is 0 Å². The lowest BCUT2D eigenvalue weighted by atomic mass is 9.72. The van der Waals surface area contributed by atoms with E-state index in [2.05, 4.69) is 26.1 Å². The van der Waals surface area contributed by atoms with E-state index in [-0.39, 0.29) is 24.6 Å². The zero-order chi connectivity index (χ0) is 26.7. The maximum absolute atomic E-state index is 13.8. The number of fused-ring (bicyclic) bond motifs is 1. The van der Waals surface area contributed by atoms with E-state index in [1.54, 1.807) is 32.9 Å². The van der Waals surface area contributed by atoms with Crippen molar-refractivity contribution in [3.63, 3.8) is 0 Å². The van der Waals surface area contributed by atoms with Gasteiger partial charge in [-0.1, -0.05) is 39.0 Å². The first kappa shape index (κ1) is 28.3. The number of nitrogens with one attached hydrogen (secondary N) is 1. The summed E-state index contributed by atoms with van der Waals surface area (Å²) in [4.78, 5) is 11.9. The molecule has 1 aliphatic carbocycles. The third-order valence-electron chi connectivity index (χ3n) is 6.80. The van der Waals surface area contributed by atoms with Gasteiger partial charge >= 0.3 is 12.1 Å². The minimum Gasteiger partial charge on any atom is -0.490 e. The summed E-state index contributed by atoms with van der Waals surface area (Å²) in [5, 5.41) is 4.02. The Bertz CT molecular complexity index is 1030.